The van der Waals surface area contributed by atoms with Crippen molar-refractivity contribution in [1.29, 1.82) is 0 Å². The van der Waals surface area contributed by atoms with Crippen molar-refractivity contribution in [2.24, 2.45) is 0 Å². The zero-order valence-electron chi connectivity index (χ0n) is 22.7. The quantitative estimate of drug-likeness (QED) is 0.280. The summed E-state index contributed by atoms with van der Waals surface area (Å²) >= 11 is 0. The van der Waals surface area contributed by atoms with Crippen molar-refractivity contribution in [3.63, 3.8) is 0 Å². The number of hydrogen-bond donors (Lipinski definition) is 1. The third kappa shape index (κ3) is 6.91. The van der Waals surface area contributed by atoms with Gasteiger partial charge in [-0.25, -0.2) is 8.42 Å². The van der Waals surface area contributed by atoms with Crippen LogP contribution in [-0.2, 0) is 10.0 Å². The smallest absolute Gasteiger partial charge is 0.232 e. The molecule has 0 amide bonds. The number of carbonyl (C=O) groups excluding carboxylic acids is 1. The van der Waals surface area contributed by atoms with Gasteiger partial charge in [-0.05, 0) is 80.4 Å². The summed E-state index contributed by atoms with van der Waals surface area (Å²) in [5.41, 5.74) is 7.33. The monoisotopic (exact) mass is 531 g/mol. The number of rotatable bonds is 9. The standard InChI is InChI=1S/C31H37N3O3S/c1-5-18-38(36,37)32-29-9-7-6-8-28(29)31(35)13-11-26-22-25(27-20-23(2)19-24(3)21-27)10-12-30(26)34-16-14-33(4)15-17-34/h6-13,19-22,32H,5,14-18H2,1-4H3. The summed E-state index contributed by atoms with van der Waals surface area (Å²) in [4.78, 5) is 18.0. The number of aryl methyl sites for hydroxylation is 2. The summed E-state index contributed by atoms with van der Waals surface area (Å²) in [6.07, 6.45) is 3.91. The second-order valence-electron chi connectivity index (χ2n) is 10.1. The summed E-state index contributed by atoms with van der Waals surface area (Å²) < 4.78 is 27.3. The maximum absolute atomic E-state index is 13.3. The fraction of sp³-hybridized carbons (Fsp3) is 0.323. The van der Waals surface area contributed by atoms with Crippen LogP contribution in [0.5, 0.6) is 0 Å². The number of sulfonamides is 1. The van der Waals surface area contributed by atoms with E-state index in [1.54, 1.807) is 30.3 Å². The number of nitrogens with one attached hydrogen (secondary N) is 1. The lowest BCUT2D eigenvalue weighted by atomic mass is 9.97. The molecule has 0 bridgehead atoms. The van der Waals surface area contributed by atoms with Crippen LogP contribution in [0.4, 0.5) is 11.4 Å². The predicted octanol–water partition coefficient (Wildman–Crippen LogP) is 5.77. The van der Waals surface area contributed by atoms with E-state index in [-0.39, 0.29) is 11.5 Å². The highest BCUT2D eigenvalue weighted by molar-refractivity contribution is 7.92. The van der Waals surface area contributed by atoms with Gasteiger partial charge in [0.05, 0.1) is 11.4 Å². The van der Waals surface area contributed by atoms with Crippen molar-refractivity contribution in [3.05, 3.63) is 89.0 Å². The van der Waals surface area contributed by atoms with Crippen molar-refractivity contribution < 1.29 is 13.2 Å². The van der Waals surface area contributed by atoms with E-state index in [0.717, 1.165) is 48.6 Å². The first-order chi connectivity index (χ1) is 18.1. The molecule has 1 fully saturated rings. The van der Waals surface area contributed by atoms with Crippen LogP contribution in [0, 0.1) is 13.8 Å². The van der Waals surface area contributed by atoms with E-state index in [1.807, 2.05) is 13.0 Å². The van der Waals surface area contributed by atoms with Crippen LogP contribution >= 0.6 is 0 Å². The average molecular weight is 532 g/mol. The van der Waals surface area contributed by atoms with E-state index in [9.17, 15) is 13.2 Å². The van der Waals surface area contributed by atoms with Gasteiger partial charge in [-0.1, -0.05) is 54.4 Å². The lowest BCUT2D eigenvalue weighted by Gasteiger charge is -2.35. The Morgan fingerprint density at radius 3 is 2.29 bits per heavy atom. The Morgan fingerprint density at radius 2 is 1.61 bits per heavy atom. The highest BCUT2D eigenvalue weighted by atomic mass is 32.2. The molecule has 0 atom stereocenters. The van der Waals surface area contributed by atoms with Crippen LogP contribution in [-0.4, -0.2) is 58.1 Å². The average Bonchev–Trinajstić information content (AvgIpc) is 2.87. The van der Waals surface area contributed by atoms with Crippen LogP contribution in [0.3, 0.4) is 0 Å². The first kappa shape index (κ1) is 27.6. The molecule has 3 aromatic rings. The Balaban J connectivity index is 1.70. The Hall–Kier alpha value is -3.42. The molecule has 0 aliphatic carbocycles. The summed E-state index contributed by atoms with van der Waals surface area (Å²) in [6.45, 7) is 9.79. The molecule has 7 heteroatoms. The SMILES string of the molecule is CCCS(=O)(=O)Nc1ccccc1C(=O)C=Cc1cc(-c2cc(C)cc(C)c2)ccc1N1CCN(C)CC1. The number of para-hydroxylation sites is 1. The largest absolute Gasteiger partial charge is 0.368 e. The summed E-state index contributed by atoms with van der Waals surface area (Å²) in [7, 11) is -1.38. The summed E-state index contributed by atoms with van der Waals surface area (Å²) in [6, 6.07) is 19.7. The second kappa shape index (κ2) is 12.0. The van der Waals surface area contributed by atoms with E-state index < -0.39 is 10.0 Å². The molecule has 0 saturated carbocycles. The van der Waals surface area contributed by atoms with E-state index in [1.165, 1.54) is 11.1 Å². The molecule has 0 spiro atoms. The molecule has 1 aliphatic rings. The minimum atomic E-state index is -3.51. The second-order valence-corrected chi connectivity index (χ2v) is 11.9. The molecule has 1 saturated heterocycles. The molecule has 0 aromatic heterocycles. The maximum atomic E-state index is 13.3. The zero-order valence-corrected chi connectivity index (χ0v) is 23.5. The molecule has 6 nitrogen and oxygen atoms in total. The van der Waals surface area contributed by atoms with Crippen LogP contribution in [0.25, 0.3) is 17.2 Å². The Kier molecular flexibility index (Phi) is 8.69. The van der Waals surface area contributed by atoms with Gasteiger partial charge in [0.2, 0.25) is 10.0 Å². The van der Waals surface area contributed by atoms with Crippen molar-refractivity contribution in [2.45, 2.75) is 27.2 Å². The van der Waals surface area contributed by atoms with E-state index >= 15 is 0 Å². The molecular formula is C31H37N3O3S. The van der Waals surface area contributed by atoms with Gasteiger partial charge in [0, 0.05) is 37.4 Å². The number of likely N-dealkylation sites (N-methyl/N-ethyl adjacent to an activating group) is 1. The number of piperazine rings is 1. The first-order valence-corrected chi connectivity index (χ1v) is 14.8. The summed E-state index contributed by atoms with van der Waals surface area (Å²) in [5, 5.41) is 0. The predicted molar refractivity (Wildman–Crippen MR) is 159 cm³/mol. The van der Waals surface area contributed by atoms with Crippen molar-refractivity contribution in [3.8, 4) is 11.1 Å². The van der Waals surface area contributed by atoms with Gasteiger partial charge in [-0.15, -0.1) is 0 Å². The highest BCUT2D eigenvalue weighted by Crippen LogP contribution is 2.31. The summed E-state index contributed by atoms with van der Waals surface area (Å²) in [5.74, 6) is -0.244. The fourth-order valence-corrected chi connectivity index (χ4v) is 6.03. The number of benzene rings is 3. The van der Waals surface area contributed by atoms with Gasteiger partial charge in [-0.2, -0.15) is 0 Å². The molecule has 1 heterocycles. The van der Waals surface area contributed by atoms with Crippen LogP contribution in [0.2, 0.25) is 0 Å². The van der Waals surface area contributed by atoms with E-state index in [2.05, 4.69) is 71.8 Å². The maximum Gasteiger partial charge on any atom is 0.232 e. The molecule has 1 aliphatic heterocycles. The van der Waals surface area contributed by atoms with Crippen LogP contribution in [0.15, 0.2) is 66.7 Å². The molecule has 38 heavy (non-hydrogen) atoms. The van der Waals surface area contributed by atoms with Crippen molar-refractivity contribution in [2.75, 3.05) is 48.6 Å². The first-order valence-electron chi connectivity index (χ1n) is 13.1. The van der Waals surface area contributed by atoms with E-state index in [4.69, 9.17) is 0 Å². The molecule has 1 N–H and O–H groups in total. The molecule has 200 valence electrons. The van der Waals surface area contributed by atoms with Crippen LogP contribution < -0.4 is 9.62 Å². The minimum Gasteiger partial charge on any atom is -0.368 e. The minimum absolute atomic E-state index is 0.00493. The van der Waals surface area contributed by atoms with Gasteiger partial charge in [-0.3, -0.25) is 9.52 Å². The zero-order chi connectivity index (χ0) is 27.3. The molecule has 4 rings (SSSR count). The lowest BCUT2D eigenvalue weighted by molar-refractivity contribution is 0.104. The number of anilines is 2. The number of nitrogens with zero attached hydrogens (tertiary/aromatic N) is 2. The van der Waals surface area contributed by atoms with Gasteiger partial charge < -0.3 is 9.80 Å². The van der Waals surface area contributed by atoms with Crippen LogP contribution in [0.1, 0.15) is 40.4 Å². The number of ketones is 1. The van der Waals surface area contributed by atoms with Gasteiger partial charge in [0.25, 0.3) is 0 Å². The highest BCUT2D eigenvalue weighted by Gasteiger charge is 2.18. The number of hydrogen-bond acceptors (Lipinski definition) is 5. The third-order valence-corrected chi connectivity index (χ3v) is 8.25. The van der Waals surface area contributed by atoms with Crippen molar-refractivity contribution in [1.82, 2.24) is 4.90 Å². The number of carbonyl (C=O) groups is 1. The molecule has 0 radical (unpaired) electrons. The third-order valence-electron chi connectivity index (χ3n) is 6.77. The molecule has 3 aromatic carbocycles. The lowest BCUT2D eigenvalue weighted by Crippen LogP contribution is -2.44. The fourth-order valence-electron chi connectivity index (χ4n) is 4.87. The normalized spacial score (nSPS) is 14.7. The topological polar surface area (TPSA) is 69.7 Å². The molecule has 0 unspecified atom stereocenters. The number of allylic oxidation sites excluding steroid dienone is 1. The van der Waals surface area contributed by atoms with Crippen molar-refractivity contribution >= 4 is 33.3 Å². The molecular weight excluding hydrogens is 494 g/mol. The Labute approximate surface area is 227 Å². The Bertz CT molecular complexity index is 1420. The van der Waals surface area contributed by atoms with E-state index in [0.29, 0.717) is 17.7 Å². The van der Waals surface area contributed by atoms with Gasteiger partial charge in [0.1, 0.15) is 0 Å². The van der Waals surface area contributed by atoms with Gasteiger partial charge >= 0.3 is 0 Å². The van der Waals surface area contributed by atoms with Gasteiger partial charge in [0.15, 0.2) is 5.78 Å². The Morgan fingerprint density at radius 1 is 0.921 bits per heavy atom.